The molecule has 2 fully saturated rings. The van der Waals surface area contributed by atoms with Crippen LogP contribution in [0.4, 0.5) is 10.5 Å². The van der Waals surface area contributed by atoms with Crippen LogP contribution < -0.4 is 5.32 Å². The maximum Gasteiger partial charge on any atom is 0.407 e. The fourth-order valence-electron chi connectivity index (χ4n) is 5.03. The molecule has 34 heavy (non-hydrogen) atoms. The van der Waals surface area contributed by atoms with Gasteiger partial charge in [-0.25, -0.2) is 9.78 Å². The van der Waals surface area contributed by atoms with Gasteiger partial charge in [-0.15, -0.1) is 0 Å². The summed E-state index contributed by atoms with van der Waals surface area (Å²) in [6, 6.07) is 3.30. The predicted octanol–water partition coefficient (Wildman–Crippen LogP) is 5.04. The number of anilines is 1. The fourth-order valence-corrected chi connectivity index (χ4v) is 5.78. The van der Waals surface area contributed by atoms with E-state index in [-0.39, 0.29) is 12.1 Å². The Kier molecular flexibility index (Phi) is 7.54. The molecule has 0 bridgehead atoms. The van der Waals surface area contributed by atoms with Crippen LogP contribution in [0.2, 0.25) is 25.7 Å². The molecule has 2 N–H and O–H groups in total. The van der Waals surface area contributed by atoms with Gasteiger partial charge in [0.05, 0.1) is 0 Å². The van der Waals surface area contributed by atoms with Crippen molar-refractivity contribution in [2.45, 2.75) is 76.6 Å². The zero-order valence-electron chi connectivity index (χ0n) is 21.2. The minimum Gasteiger partial charge on any atom is -0.465 e. The van der Waals surface area contributed by atoms with Crippen LogP contribution in [0.5, 0.6) is 0 Å². The Morgan fingerprint density at radius 1 is 1.32 bits per heavy atom. The number of nitrogens with one attached hydrogen (secondary N) is 1. The van der Waals surface area contributed by atoms with E-state index in [4.69, 9.17) is 14.5 Å². The van der Waals surface area contributed by atoms with E-state index in [0.29, 0.717) is 25.1 Å². The van der Waals surface area contributed by atoms with Gasteiger partial charge in [-0.2, -0.15) is 0 Å². The van der Waals surface area contributed by atoms with Crippen LogP contribution in [-0.4, -0.2) is 72.7 Å². The SMILES string of the molecule is COCC1CC1c1cn(COCC[Si](C)(C)C)c2nccc(N[C@@H]3CC[C@H](C)N(C(=O)O)C3)c12. The number of likely N-dealkylation sites (tertiary alicyclic amines) is 1. The van der Waals surface area contributed by atoms with Gasteiger partial charge in [0.15, 0.2) is 0 Å². The van der Waals surface area contributed by atoms with Crippen molar-refractivity contribution < 1.29 is 19.4 Å². The summed E-state index contributed by atoms with van der Waals surface area (Å²) >= 11 is 0. The second-order valence-electron chi connectivity index (χ2n) is 11.2. The molecule has 8 nitrogen and oxygen atoms in total. The molecule has 4 rings (SSSR count). The van der Waals surface area contributed by atoms with Gasteiger partial charge < -0.3 is 29.4 Å². The summed E-state index contributed by atoms with van der Waals surface area (Å²) in [6.07, 6.45) is 6.12. The second-order valence-corrected chi connectivity index (χ2v) is 16.8. The number of ether oxygens (including phenoxy) is 2. The number of nitrogens with zero attached hydrogens (tertiary/aromatic N) is 3. The smallest absolute Gasteiger partial charge is 0.407 e. The van der Waals surface area contributed by atoms with Crippen molar-refractivity contribution in [3.63, 3.8) is 0 Å². The normalized spacial score (nSPS) is 25.0. The van der Waals surface area contributed by atoms with Gasteiger partial charge in [0.25, 0.3) is 0 Å². The van der Waals surface area contributed by atoms with Crippen molar-refractivity contribution in [1.29, 1.82) is 0 Å². The van der Waals surface area contributed by atoms with Gasteiger partial charge in [0.2, 0.25) is 0 Å². The highest BCUT2D eigenvalue weighted by molar-refractivity contribution is 6.76. The number of pyridine rings is 1. The van der Waals surface area contributed by atoms with Crippen LogP contribution in [0.3, 0.4) is 0 Å². The van der Waals surface area contributed by atoms with E-state index in [1.165, 1.54) is 5.56 Å². The van der Waals surface area contributed by atoms with Gasteiger partial charge in [-0.05, 0) is 55.7 Å². The van der Waals surface area contributed by atoms with E-state index in [1.807, 2.05) is 19.2 Å². The Morgan fingerprint density at radius 3 is 2.82 bits per heavy atom. The molecule has 188 valence electrons. The lowest BCUT2D eigenvalue weighted by Crippen LogP contribution is -2.49. The molecule has 3 heterocycles. The number of amides is 1. The molecule has 4 atom stereocenters. The predicted molar refractivity (Wildman–Crippen MR) is 137 cm³/mol. The molecule has 1 saturated heterocycles. The largest absolute Gasteiger partial charge is 0.465 e. The molecule has 1 amide bonds. The fraction of sp³-hybridized carbons (Fsp3) is 0.680. The van der Waals surface area contributed by atoms with Crippen molar-refractivity contribution >= 4 is 30.9 Å². The molecule has 0 aromatic carbocycles. The third-order valence-electron chi connectivity index (χ3n) is 7.20. The number of aromatic nitrogens is 2. The van der Waals surface area contributed by atoms with Crippen LogP contribution in [0.25, 0.3) is 11.0 Å². The monoisotopic (exact) mass is 488 g/mol. The van der Waals surface area contributed by atoms with Crippen molar-refractivity contribution in [2.75, 3.05) is 32.2 Å². The Balaban J connectivity index is 1.58. The Bertz CT molecular complexity index is 1000. The van der Waals surface area contributed by atoms with Gasteiger partial charge in [-0.1, -0.05) is 19.6 Å². The first-order chi connectivity index (χ1) is 16.2. The number of rotatable bonds is 10. The summed E-state index contributed by atoms with van der Waals surface area (Å²) in [7, 11) is 0.619. The average molecular weight is 489 g/mol. The molecule has 1 saturated carbocycles. The summed E-state index contributed by atoms with van der Waals surface area (Å²) in [5.41, 5.74) is 3.25. The second kappa shape index (κ2) is 10.3. The molecular weight excluding hydrogens is 448 g/mol. The lowest BCUT2D eigenvalue weighted by Gasteiger charge is -2.36. The van der Waals surface area contributed by atoms with Gasteiger partial charge in [0.1, 0.15) is 12.4 Å². The molecule has 2 aromatic rings. The number of piperidine rings is 1. The first-order valence-electron chi connectivity index (χ1n) is 12.5. The zero-order valence-corrected chi connectivity index (χ0v) is 22.2. The molecule has 9 heteroatoms. The van der Waals surface area contributed by atoms with Gasteiger partial charge in [0, 0.05) is 70.5 Å². The number of methoxy groups -OCH3 is 1. The number of fused-ring (bicyclic) bond motifs is 1. The molecule has 1 aliphatic carbocycles. The van der Waals surface area contributed by atoms with E-state index in [2.05, 4.69) is 35.7 Å². The number of carbonyl (C=O) groups is 1. The van der Waals surface area contributed by atoms with Crippen molar-refractivity contribution in [1.82, 2.24) is 14.5 Å². The Morgan fingerprint density at radius 2 is 2.12 bits per heavy atom. The third kappa shape index (κ3) is 5.75. The van der Waals surface area contributed by atoms with Gasteiger partial charge in [-0.3, -0.25) is 0 Å². The summed E-state index contributed by atoms with van der Waals surface area (Å²) in [5.74, 6) is 0.986. The van der Waals surface area contributed by atoms with Crippen LogP contribution in [0, 0.1) is 5.92 Å². The molecule has 0 radical (unpaired) electrons. The minimum absolute atomic E-state index is 0.0548. The quantitative estimate of drug-likeness (QED) is 0.360. The molecule has 2 unspecified atom stereocenters. The lowest BCUT2D eigenvalue weighted by molar-refractivity contribution is 0.0898. The average Bonchev–Trinajstić information content (AvgIpc) is 3.43. The highest BCUT2D eigenvalue weighted by atomic mass is 28.3. The standard InChI is InChI=1S/C25H40N4O4Si/c1-17-6-7-19(13-29(17)25(30)31)27-22-8-9-26-24-23(22)21(20-12-18(20)15-32-2)14-28(24)16-33-10-11-34(3,4)5/h8-9,14,17-20H,6-7,10-13,15-16H2,1-5H3,(H,26,27)(H,30,31)/t17-,18?,19+,20?/m0/s1. The molecular formula is C25H40N4O4Si. The van der Waals surface area contributed by atoms with E-state index in [1.54, 1.807) is 12.0 Å². The maximum absolute atomic E-state index is 11.7. The summed E-state index contributed by atoms with van der Waals surface area (Å²) in [5, 5.41) is 14.4. The first kappa shape index (κ1) is 25.0. The number of hydrogen-bond acceptors (Lipinski definition) is 5. The number of hydrogen-bond donors (Lipinski definition) is 2. The van der Waals surface area contributed by atoms with Gasteiger partial charge >= 0.3 is 6.09 Å². The summed E-state index contributed by atoms with van der Waals surface area (Å²) in [6.45, 7) is 11.6. The molecule has 1 aliphatic heterocycles. The maximum atomic E-state index is 11.7. The molecule has 0 spiro atoms. The summed E-state index contributed by atoms with van der Waals surface area (Å²) in [4.78, 5) is 18.0. The van der Waals surface area contributed by atoms with Crippen molar-refractivity contribution in [2.24, 2.45) is 5.92 Å². The highest BCUT2D eigenvalue weighted by Crippen LogP contribution is 2.51. The van der Waals surface area contributed by atoms with Crippen LogP contribution in [0.1, 0.15) is 37.7 Å². The molecule has 2 aromatic heterocycles. The van der Waals surface area contributed by atoms with E-state index < -0.39 is 14.2 Å². The number of carboxylic acid groups (broad SMARTS) is 1. The molecule has 2 aliphatic rings. The van der Waals surface area contributed by atoms with Crippen LogP contribution >= 0.6 is 0 Å². The lowest BCUT2D eigenvalue weighted by atomic mass is 9.99. The van der Waals surface area contributed by atoms with Crippen LogP contribution in [0.15, 0.2) is 18.5 Å². The Labute approximate surface area is 203 Å². The topological polar surface area (TPSA) is 88.9 Å². The Hall–Kier alpha value is -2.10. The highest BCUT2D eigenvalue weighted by Gasteiger charge is 2.41. The minimum atomic E-state index is -1.14. The van der Waals surface area contributed by atoms with E-state index >= 15 is 0 Å². The van der Waals surface area contributed by atoms with E-state index in [0.717, 1.165) is 55.2 Å². The zero-order chi connectivity index (χ0) is 24.5. The van der Waals surface area contributed by atoms with Crippen molar-refractivity contribution in [3.05, 3.63) is 24.0 Å². The van der Waals surface area contributed by atoms with E-state index in [9.17, 15) is 9.90 Å². The summed E-state index contributed by atoms with van der Waals surface area (Å²) < 4.78 is 13.6. The first-order valence-corrected chi connectivity index (χ1v) is 16.2. The van der Waals surface area contributed by atoms with Crippen LogP contribution in [-0.2, 0) is 16.2 Å². The third-order valence-corrected chi connectivity index (χ3v) is 8.91. The van der Waals surface area contributed by atoms with Crippen molar-refractivity contribution in [3.8, 4) is 0 Å².